The van der Waals surface area contributed by atoms with E-state index >= 15 is 0 Å². The van der Waals surface area contributed by atoms with Gasteiger partial charge in [-0.1, -0.05) is 39.0 Å². The zero-order valence-electron chi connectivity index (χ0n) is 12.9. The fraction of sp³-hybridized carbons (Fsp3) is 0.933. The van der Waals surface area contributed by atoms with Crippen LogP contribution in [0.4, 0.5) is 0 Å². The second-order valence-electron chi connectivity index (χ2n) is 5.21. The Hall–Kier alpha value is -0.260. The summed E-state index contributed by atoms with van der Waals surface area (Å²) in [5.74, 6) is 1.33. The maximum Gasteiger partial charge on any atom is 0.233 e. The average Bonchev–Trinajstić information content (AvgIpc) is 2.91. The standard InChI is InChI=1S/C11H21NOS.C4H9NO/c1-2-3-4-5-6-7-9-12-11(13)8-10-14-12;1-3-6-4-2-5-1/h2-10H2,1H3;5H,1-4H2. The molecule has 0 aromatic rings. The molecule has 4 nitrogen and oxygen atoms in total. The Morgan fingerprint density at radius 1 is 1.15 bits per heavy atom. The van der Waals surface area contributed by atoms with E-state index in [0.717, 1.165) is 45.0 Å². The average molecular weight is 302 g/mol. The van der Waals surface area contributed by atoms with Gasteiger partial charge in [-0.25, -0.2) is 0 Å². The molecule has 118 valence electrons. The molecular formula is C15H30N2O2S. The maximum atomic E-state index is 11.2. The van der Waals surface area contributed by atoms with E-state index < -0.39 is 0 Å². The number of ether oxygens (including phenoxy) is 1. The third-order valence-electron chi connectivity index (χ3n) is 3.40. The van der Waals surface area contributed by atoms with Gasteiger partial charge in [0.25, 0.3) is 0 Å². The number of morpholine rings is 1. The summed E-state index contributed by atoms with van der Waals surface area (Å²) in [6.45, 7) is 7.04. The van der Waals surface area contributed by atoms with Crippen molar-refractivity contribution in [3.05, 3.63) is 0 Å². The third-order valence-corrected chi connectivity index (χ3v) is 4.49. The highest BCUT2D eigenvalue weighted by atomic mass is 32.2. The van der Waals surface area contributed by atoms with Crippen LogP contribution in [0.15, 0.2) is 0 Å². The predicted octanol–water partition coefficient (Wildman–Crippen LogP) is 2.83. The van der Waals surface area contributed by atoms with E-state index in [1.807, 2.05) is 4.31 Å². The van der Waals surface area contributed by atoms with Crippen molar-refractivity contribution in [3.63, 3.8) is 0 Å². The maximum absolute atomic E-state index is 11.2. The summed E-state index contributed by atoms with van der Waals surface area (Å²) in [7, 11) is 0. The van der Waals surface area contributed by atoms with Crippen LogP contribution in [0.2, 0.25) is 0 Å². The van der Waals surface area contributed by atoms with Crippen LogP contribution in [0.25, 0.3) is 0 Å². The summed E-state index contributed by atoms with van der Waals surface area (Å²) >= 11 is 1.70. The molecule has 0 spiro atoms. The van der Waals surface area contributed by atoms with Crippen molar-refractivity contribution in [1.29, 1.82) is 0 Å². The van der Waals surface area contributed by atoms with Gasteiger partial charge in [-0.05, 0) is 18.4 Å². The number of nitrogens with one attached hydrogen (secondary N) is 1. The van der Waals surface area contributed by atoms with Gasteiger partial charge in [0.05, 0.1) is 13.2 Å². The molecule has 2 saturated heterocycles. The minimum Gasteiger partial charge on any atom is -0.379 e. The van der Waals surface area contributed by atoms with Crippen molar-refractivity contribution in [2.75, 3.05) is 38.6 Å². The molecule has 5 heteroatoms. The second kappa shape index (κ2) is 12.5. The minimum atomic E-state index is 0.337. The Labute approximate surface area is 128 Å². The molecule has 2 aliphatic heterocycles. The number of unbranched alkanes of at least 4 members (excludes halogenated alkanes) is 5. The van der Waals surface area contributed by atoms with Crippen LogP contribution < -0.4 is 5.32 Å². The van der Waals surface area contributed by atoms with Crippen molar-refractivity contribution in [3.8, 4) is 0 Å². The summed E-state index contributed by atoms with van der Waals surface area (Å²) in [5.41, 5.74) is 0. The van der Waals surface area contributed by atoms with Gasteiger partial charge in [-0.15, -0.1) is 0 Å². The van der Waals surface area contributed by atoms with E-state index in [0.29, 0.717) is 5.91 Å². The van der Waals surface area contributed by atoms with Crippen molar-refractivity contribution >= 4 is 17.9 Å². The molecule has 2 aliphatic rings. The highest BCUT2D eigenvalue weighted by molar-refractivity contribution is 7.97. The lowest BCUT2D eigenvalue weighted by atomic mass is 10.1. The summed E-state index contributed by atoms with van der Waals surface area (Å²) in [5, 5.41) is 3.16. The van der Waals surface area contributed by atoms with Crippen LogP contribution in [0.3, 0.4) is 0 Å². The zero-order chi connectivity index (χ0) is 14.5. The van der Waals surface area contributed by atoms with E-state index in [-0.39, 0.29) is 0 Å². The van der Waals surface area contributed by atoms with Crippen molar-refractivity contribution in [1.82, 2.24) is 9.62 Å². The Kier molecular flexibility index (Phi) is 11.1. The first kappa shape index (κ1) is 17.8. The molecule has 0 aromatic heterocycles. The Morgan fingerprint density at radius 3 is 2.35 bits per heavy atom. The topological polar surface area (TPSA) is 41.6 Å². The highest BCUT2D eigenvalue weighted by Gasteiger charge is 2.19. The van der Waals surface area contributed by atoms with E-state index in [9.17, 15) is 4.79 Å². The molecule has 2 heterocycles. The summed E-state index contributed by atoms with van der Waals surface area (Å²) < 4.78 is 6.95. The first-order valence-electron chi connectivity index (χ1n) is 8.06. The number of rotatable bonds is 7. The number of hydrogen-bond donors (Lipinski definition) is 1. The number of amides is 1. The molecular weight excluding hydrogens is 272 g/mol. The van der Waals surface area contributed by atoms with Crippen LogP contribution >= 0.6 is 11.9 Å². The molecule has 2 fully saturated rings. The fourth-order valence-electron chi connectivity index (χ4n) is 2.18. The van der Waals surface area contributed by atoms with Crippen LogP contribution in [0, 0.1) is 0 Å². The van der Waals surface area contributed by atoms with Gasteiger partial charge >= 0.3 is 0 Å². The van der Waals surface area contributed by atoms with E-state index in [4.69, 9.17) is 4.74 Å². The monoisotopic (exact) mass is 302 g/mol. The normalized spacial score (nSPS) is 18.9. The smallest absolute Gasteiger partial charge is 0.233 e. The van der Waals surface area contributed by atoms with Crippen LogP contribution in [-0.2, 0) is 9.53 Å². The van der Waals surface area contributed by atoms with Crippen molar-refractivity contribution < 1.29 is 9.53 Å². The number of hydrogen-bond acceptors (Lipinski definition) is 4. The Morgan fingerprint density at radius 2 is 1.85 bits per heavy atom. The third kappa shape index (κ3) is 8.82. The molecule has 0 unspecified atom stereocenters. The molecule has 0 saturated carbocycles. The predicted molar refractivity (Wildman–Crippen MR) is 85.9 cm³/mol. The lowest BCUT2D eigenvalue weighted by Gasteiger charge is -2.12. The summed E-state index contributed by atoms with van der Waals surface area (Å²) in [6.07, 6.45) is 8.57. The first-order chi connectivity index (χ1) is 9.84. The molecule has 0 radical (unpaired) electrons. The van der Waals surface area contributed by atoms with E-state index in [1.165, 1.54) is 38.5 Å². The Balaban J connectivity index is 0.000000276. The highest BCUT2D eigenvalue weighted by Crippen LogP contribution is 2.21. The lowest BCUT2D eigenvalue weighted by Crippen LogP contribution is -2.30. The largest absolute Gasteiger partial charge is 0.379 e. The van der Waals surface area contributed by atoms with Crippen LogP contribution in [0.5, 0.6) is 0 Å². The molecule has 0 bridgehead atoms. The van der Waals surface area contributed by atoms with Gasteiger partial charge in [0.2, 0.25) is 5.91 Å². The quantitative estimate of drug-likeness (QED) is 0.580. The van der Waals surface area contributed by atoms with E-state index in [1.54, 1.807) is 11.9 Å². The van der Waals surface area contributed by atoms with Gasteiger partial charge in [0.15, 0.2) is 0 Å². The SMILES string of the molecule is C1COCCN1.CCCCCCCCN1SCCC1=O. The lowest BCUT2D eigenvalue weighted by molar-refractivity contribution is -0.124. The molecule has 1 N–H and O–H groups in total. The van der Waals surface area contributed by atoms with Crippen LogP contribution in [-0.4, -0.2) is 48.8 Å². The van der Waals surface area contributed by atoms with Crippen molar-refractivity contribution in [2.24, 2.45) is 0 Å². The van der Waals surface area contributed by atoms with Crippen molar-refractivity contribution in [2.45, 2.75) is 51.9 Å². The zero-order valence-corrected chi connectivity index (χ0v) is 13.7. The van der Waals surface area contributed by atoms with Gasteiger partial charge in [-0.3, -0.25) is 9.10 Å². The summed E-state index contributed by atoms with van der Waals surface area (Å²) in [4.78, 5) is 11.2. The second-order valence-corrected chi connectivity index (χ2v) is 6.32. The molecule has 20 heavy (non-hydrogen) atoms. The van der Waals surface area contributed by atoms with E-state index in [2.05, 4.69) is 12.2 Å². The number of nitrogens with zero attached hydrogens (tertiary/aromatic N) is 1. The van der Waals surface area contributed by atoms with Gasteiger partial charge in [-0.2, -0.15) is 0 Å². The molecule has 0 aliphatic carbocycles. The molecule has 0 aromatic carbocycles. The molecule has 0 atom stereocenters. The number of carbonyl (C=O) groups excluding carboxylic acids is 1. The Bertz CT molecular complexity index is 237. The number of carbonyl (C=O) groups is 1. The van der Waals surface area contributed by atoms with Gasteiger partial charge in [0, 0.05) is 31.8 Å². The first-order valence-corrected chi connectivity index (χ1v) is 9.00. The molecule has 1 amide bonds. The van der Waals surface area contributed by atoms with Crippen LogP contribution in [0.1, 0.15) is 51.9 Å². The summed E-state index contributed by atoms with van der Waals surface area (Å²) in [6, 6.07) is 0. The van der Waals surface area contributed by atoms with Gasteiger partial charge < -0.3 is 10.1 Å². The fourth-order valence-corrected chi connectivity index (χ4v) is 3.16. The minimum absolute atomic E-state index is 0.337. The van der Waals surface area contributed by atoms with Gasteiger partial charge in [0.1, 0.15) is 0 Å². The molecule has 2 rings (SSSR count).